The van der Waals surface area contributed by atoms with Crippen LogP contribution in [-0.4, -0.2) is 49.2 Å². The van der Waals surface area contributed by atoms with Crippen LogP contribution in [0.5, 0.6) is 0 Å². The van der Waals surface area contributed by atoms with Gasteiger partial charge < -0.3 is 10.6 Å². The lowest BCUT2D eigenvalue weighted by Crippen LogP contribution is -2.50. The van der Waals surface area contributed by atoms with Gasteiger partial charge in [0.2, 0.25) is 15.9 Å². The van der Waals surface area contributed by atoms with Gasteiger partial charge in [0.05, 0.1) is 4.90 Å². The maximum Gasteiger partial charge on any atom is 0.251 e. The summed E-state index contributed by atoms with van der Waals surface area (Å²) in [6, 6.07) is 6.06. The Labute approximate surface area is 179 Å². The fraction of sp³-hybridized carbons (Fsp3) is 0.545. The molecule has 0 aromatic heterocycles. The minimum absolute atomic E-state index is 0.0668. The molecule has 2 aliphatic rings. The molecule has 2 fully saturated rings. The first kappa shape index (κ1) is 22.5. The van der Waals surface area contributed by atoms with Crippen LogP contribution in [-0.2, 0) is 14.8 Å². The summed E-state index contributed by atoms with van der Waals surface area (Å²) in [7, 11) is -3.67. The lowest BCUT2D eigenvalue weighted by atomic mass is 9.95. The highest BCUT2D eigenvalue weighted by molar-refractivity contribution is 7.89. The molecule has 7 nitrogen and oxygen atoms in total. The average Bonchev–Trinajstić information content (AvgIpc) is 2.74. The van der Waals surface area contributed by atoms with E-state index in [2.05, 4.69) is 17.2 Å². The number of rotatable bonds is 6. The predicted molar refractivity (Wildman–Crippen MR) is 115 cm³/mol. The summed E-state index contributed by atoms with van der Waals surface area (Å²) in [4.78, 5) is 24.1. The Kier molecular flexibility index (Phi) is 7.31. The van der Waals surface area contributed by atoms with Crippen LogP contribution >= 0.6 is 0 Å². The highest BCUT2D eigenvalue weighted by Gasteiger charge is 2.34. The molecule has 1 aromatic carbocycles. The second-order valence-electron chi connectivity index (χ2n) is 8.23. The van der Waals surface area contributed by atoms with Crippen molar-refractivity contribution >= 4 is 21.8 Å². The Morgan fingerprint density at radius 1 is 1.03 bits per heavy atom. The number of nitrogens with one attached hydrogen (secondary N) is 2. The third-order valence-electron chi connectivity index (χ3n) is 6.01. The summed E-state index contributed by atoms with van der Waals surface area (Å²) >= 11 is 0. The third kappa shape index (κ3) is 5.29. The van der Waals surface area contributed by atoms with Crippen molar-refractivity contribution in [1.29, 1.82) is 0 Å². The highest BCUT2D eigenvalue weighted by atomic mass is 32.2. The van der Waals surface area contributed by atoms with Gasteiger partial charge in [0.25, 0.3) is 5.91 Å². The van der Waals surface area contributed by atoms with Crippen molar-refractivity contribution in [3.8, 4) is 0 Å². The fourth-order valence-corrected chi connectivity index (χ4v) is 5.98. The minimum atomic E-state index is -3.67. The molecule has 0 bridgehead atoms. The minimum Gasteiger partial charge on any atom is -0.350 e. The van der Waals surface area contributed by atoms with E-state index in [-0.39, 0.29) is 34.8 Å². The molecule has 8 heteroatoms. The maximum atomic E-state index is 13.1. The zero-order chi connectivity index (χ0) is 21.7. The van der Waals surface area contributed by atoms with Crippen molar-refractivity contribution in [3.05, 3.63) is 42.5 Å². The van der Waals surface area contributed by atoms with Crippen LogP contribution in [0.2, 0.25) is 0 Å². The summed E-state index contributed by atoms with van der Waals surface area (Å²) in [5.41, 5.74) is 0.471. The third-order valence-corrected chi connectivity index (χ3v) is 8.04. The van der Waals surface area contributed by atoms with Gasteiger partial charge in [0, 0.05) is 30.2 Å². The number of hydrogen-bond acceptors (Lipinski definition) is 4. The van der Waals surface area contributed by atoms with Crippen LogP contribution in [0.15, 0.2) is 41.8 Å². The Hall–Kier alpha value is -2.19. The van der Waals surface area contributed by atoms with Crippen molar-refractivity contribution in [1.82, 2.24) is 14.9 Å². The van der Waals surface area contributed by atoms with Crippen LogP contribution in [0.1, 0.15) is 62.2 Å². The topological polar surface area (TPSA) is 95.6 Å². The van der Waals surface area contributed by atoms with Crippen molar-refractivity contribution in [2.45, 2.75) is 74.9 Å². The van der Waals surface area contributed by atoms with Crippen LogP contribution < -0.4 is 10.6 Å². The first-order valence-electron chi connectivity index (χ1n) is 10.7. The van der Waals surface area contributed by atoms with Crippen LogP contribution in [0.4, 0.5) is 0 Å². The first-order chi connectivity index (χ1) is 14.3. The average molecular weight is 434 g/mol. The molecule has 2 amide bonds. The highest BCUT2D eigenvalue weighted by Crippen LogP contribution is 2.26. The molecule has 2 N–H and O–H groups in total. The zero-order valence-corrected chi connectivity index (χ0v) is 18.3. The zero-order valence-electron chi connectivity index (χ0n) is 17.5. The monoisotopic (exact) mass is 433 g/mol. The molecule has 2 unspecified atom stereocenters. The molecule has 1 aliphatic carbocycles. The van der Waals surface area contributed by atoms with E-state index in [1.807, 2.05) is 6.92 Å². The number of amides is 2. The van der Waals surface area contributed by atoms with Gasteiger partial charge in [0.1, 0.15) is 0 Å². The molecule has 2 atom stereocenters. The molecule has 1 aliphatic heterocycles. The quantitative estimate of drug-likeness (QED) is 0.674. The Balaban J connectivity index is 1.64. The number of carbonyl (C=O) groups excluding carboxylic acids is 2. The Morgan fingerprint density at radius 3 is 2.30 bits per heavy atom. The molecule has 30 heavy (non-hydrogen) atoms. The van der Waals surface area contributed by atoms with Crippen molar-refractivity contribution in [2.75, 3.05) is 6.54 Å². The SMILES string of the molecule is C=CC(=O)NC1CCN(S(=O)(=O)c2ccc(C(=O)NC3CCCCC3)cc2)C(C)C1. The Morgan fingerprint density at radius 2 is 1.70 bits per heavy atom. The number of hydrogen-bond donors (Lipinski definition) is 2. The smallest absolute Gasteiger partial charge is 0.251 e. The lowest BCUT2D eigenvalue weighted by Gasteiger charge is -2.36. The lowest BCUT2D eigenvalue weighted by molar-refractivity contribution is -0.117. The summed E-state index contributed by atoms with van der Waals surface area (Å²) in [6.45, 7) is 5.62. The van der Waals surface area contributed by atoms with E-state index < -0.39 is 10.0 Å². The van der Waals surface area contributed by atoms with E-state index in [0.29, 0.717) is 24.9 Å². The van der Waals surface area contributed by atoms with E-state index in [1.54, 1.807) is 12.1 Å². The van der Waals surface area contributed by atoms with Crippen molar-refractivity contribution in [3.63, 3.8) is 0 Å². The van der Waals surface area contributed by atoms with Gasteiger partial charge in [-0.2, -0.15) is 4.31 Å². The van der Waals surface area contributed by atoms with E-state index in [4.69, 9.17) is 0 Å². The van der Waals surface area contributed by atoms with Crippen molar-refractivity contribution in [2.24, 2.45) is 0 Å². The predicted octanol–water partition coefficient (Wildman–Crippen LogP) is 2.59. The van der Waals surface area contributed by atoms with Crippen LogP contribution in [0.25, 0.3) is 0 Å². The van der Waals surface area contributed by atoms with Crippen molar-refractivity contribution < 1.29 is 18.0 Å². The molecule has 1 saturated carbocycles. The van der Waals surface area contributed by atoms with Gasteiger partial charge in [-0.25, -0.2) is 8.42 Å². The number of piperidine rings is 1. The van der Waals surface area contributed by atoms with Gasteiger partial charge in [-0.1, -0.05) is 25.8 Å². The first-order valence-corrected chi connectivity index (χ1v) is 12.1. The molecular formula is C22H31N3O4S. The van der Waals surface area contributed by atoms with Gasteiger partial charge >= 0.3 is 0 Å². The number of nitrogens with zero attached hydrogens (tertiary/aromatic N) is 1. The van der Waals surface area contributed by atoms with Gasteiger partial charge in [-0.3, -0.25) is 9.59 Å². The molecule has 164 valence electrons. The van der Waals surface area contributed by atoms with E-state index >= 15 is 0 Å². The van der Waals surface area contributed by atoms with Gasteiger partial charge in [-0.15, -0.1) is 0 Å². The molecule has 3 rings (SSSR count). The summed E-state index contributed by atoms with van der Waals surface area (Å²) in [5, 5.41) is 5.89. The molecule has 0 spiro atoms. The standard InChI is InChI=1S/C22H31N3O4S/c1-3-21(26)23-19-13-14-25(16(2)15-19)30(28,29)20-11-9-17(10-12-20)22(27)24-18-7-5-4-6-8-18/h3,9-12,16,18-19H,1,4-8,13-15H2,2H3,(H,23,26)(H,24,27). The van der Waals surface area contributed by atoms with Crippen LogP contribution in [0, 0.1) is 0 Å². The summed E-state index contributed by atoms with van der Waals surface area (Å²) < 4.78 is 27.7. The number of sulfonamides is 1. The van der Waals surface area contributed by atoms with Gasteiger partial charge in [-0.05, 0) is 62.9 Å². The molecule has 1 aromatic rings. The summed E-state index contributed by atoms with van der Waals surface area (Å²) in [5.74, 6) is -0.399. The van der Waals surface area contributed by atoms with E-state index in [1.165, 1.54) is 28.9 Å². The second kappa shape index (κ2) is 9.75. The Bertz CT molecular complexity index is 876. The number of benzene rings is 1. The maximum absolute atomic E-state index is 13.1. The molecule has 1 heterocycles. The van der Waals surface area contributed by atoms with E-state index in [0.717, 1.165) is 25.7 Å². The molecule has 0 radical (unpaired) electrons. The molecule has 1 saturated heterocycles. The molecular weight excluding hydrogens is 402 g/mol. The largest absolute Gasteiger partial charge is 0.350 e. The van der Waals surface area contributed by atoms with Crippen LogP contribution in [0.3, 0.4) is 0 Å². The fourth-order valence-electron chi connectivity index (χ4n) is 4.33. The van der Waals surface area contributed by atoms with E-state index in [9.17, 15) is 18.0 Å². The summed E-state index contributed by atoms with van der Waals surface area (Å²) in [6.07, 6.45) is 7.79. The van der Waals surface area contributed by atoms with Gasteiger partial charge in [0.15, 0.2) is 0 Å². The normalized spacial score (nSPS) is 23.5. The second-order valence-corrected chi connectivity index (χ2v) is 10.1. The number of carbonyl (C=O) groups is 2.